The van der Waals surface area contributed by atoms with E-state index in [0.717, 1.165) is 0 Å². The topological polar surface area (TPSA) is 56.3 Å². The molecule has 0 fully saturated rings. The van der Waals surface area contributed by atoms with E-state index in [1.807, 2.05) is 13.8 Å². The van der Waals surface area contributed by atoms with Crippen molar-refractivity contribution in [1.82, 2.24) is 4.98 Å². The molecule has 0 bridgehead atoms. The zero-order chi connectivity index (χ0) is 12.6. The summed E-state index contributed by atoms with van der Waals surface area (Å²) in [6.07, 6.45) is 1.13. The highest BCUT2D eigenvalue weighted by Crippen LogP contribution is 2.09. The lowest BCUT2D eigenvalue weighted by Crippen LogP contribution is -2.09. The van der Waals surface area contributed by atoms with Gasteiger partial charge in [0.25, 0.3) is 0 Å². The zero-order valence-corrected chi connectivity index (χ0v) is 10.2. The summed E-state index contributed by atoms with van der Waals surface area (Å²) in [5.74, 6) is -0.899. The number of hydrogen-bond donors (Lipinski definition) is 0. The molecule has 0 unspecified atom stereocenters. The van der Waals surface area contributed by atoms with E-state index in [9.17, 15) is 9.59 Å². The van der Waals surface area contributed by atoms with E-state index < -0.39 is 5.97 Å². The van der Waals surface area contributed by atoms with Crippen molar-refractivity contribution in [2.45, 2.75) is 20.3 Å². The molecule has 0 radical (unpaired) electrons. The smallest absolute Gasteiger partial charge is 0.313 e. The number of ketones is 1. The van der Waals surface area contributed by atoms with Gasteiger partial charge in [0.1, 0.15) is 11.6 Å². The Hall–Kier alpha value is -1.42. The first kappa shape index (κ1) is 14.6. The number of Topliss-reactive ketones (excluding diaryl/α,β-unsaturated/α-hetero) is 1. The number of carbonyl (C=O) groups is 2. The Labute approximate surface area is 99.6 Å². The number of methoxy groups -OCH3 is 1. The molecule has 0 N–H and O–H groups in total. The standard InChI is InChI=1S/C9H8ClNO3.C2H6/c1-14-9(13)5-7(12)6-2-3-11-8(10)4-6;1-2/h2-4H,5H2,1H3;1-2H3. The van der Waals surface area contributed by atoms with Crippen molar-refractivity contribution in [3.63, 3.8) is 0 Å². The van der Waals surface area contributed by atoms with Crippen LogP contribution >= 0.6 is 11.6 Å². The lowest BCUT2D eigenvalue weighted by Gasteiger charge is -1.99. The van der Waals surface area contributed by atoms with Crippen molar-refractivity contribution >= 4 is 23.4 Å². The maximum Gasteiger partial charge on any atom is 0.313 e. The molecule has 5 heteroatoms. The normalized spacial score (nSPS) is 8.75. The molecule has 0 saturated carbocycles. The Morgan fingerprint density at radius 3 is 2.56 bits per heavy atom. The maximum atomic E-state index is 11.4. The van der Waals surface area contributed by atoms with Gasteiger partial charge < -0.3 is 4.74 Å². The fraction of sp³-hybridized carbons (Fsp3) is 0.364. The molecule has 88 valence electrons. The second-order valence-electron chi connectivity index (χ2n) is 2.54. The SMILES string of the molecule is CC.COC(=O)CC(=O)c1ccnc(Cl)c1. The number of esters is 1. The van der Waals surface area contributed by atoms with Gasteiger partial charge in [0.15, 0.2) is 5.78 Å². The molecule has 0 atom stereocenters. The average Bonchev–Trinajstić information content (AvgIpc) is 2.31. The van der Waals surface area contributed by atoms with Crippen molar-refractivity contribution in [3.05, 3.63) is 29.0 Å². The molecule has 0 spiro atoms. The van der Waals surface area contributed by atoms with Gasteiger partial charge in [0.2, 0.25) is 0 Å². The second-order valence-corrected chi connectivity index (χ2v) is 2.93. The number of ether oxygens (including phenoxy) is 1. The molecule has 4 nitrogen and oxygen atoms in total. The van der Waals surface area contributed by atoms with Crippen LogP contribution in [-0.4, -0.2) is 23.8 Å². The van der Waals surface area contributed by atoms with Gasteiger partial charge in [-0.2, -0.15) is 0 Å². The van der Waals surface area contributed by atoms with Crippen LogP contribution in [0.4, 0.5) is 0 Å². The summed E-state index contributed by atoms with van der Waals surface area (Å²) in [5, 5.41) is 0.223. The lowest BCUT2D eigenvalue weighted by atomic mass is 10.1. The van der Waals surface area contributed by atoms with Gasteiger partial charge in [-0.1, -0.05) is 25.4 Å². The highest BCUT2D eigenvalue weighted by Gasteiger charge is 2.12. The van der Waals surface area contributed by atoms with Gasteiger partial charge in [-0.25, -0.2) is 4.98 Å². The van der Waals surface area contributed by atoms with E-state index in [2.05, 4.69) is 9.72 Å². The van der Waals surface area contributed by atoms with E-state index in [-0.39, 0.29) is 17.4 Å². The highest BCUT2D eigenvalue weighted by atomic mass is 35.5. The lowest BCUT2D eigenvalue weighted by molar-refractivity contribution is -0.139. The number of nitrogens with zero attached hydrogens (tertiary/aromatic N) is 1. The quantitative estimate of drug-likeness (QED) is 0.354. The van der Waals surface area contributed by atoms with E-state index in [1.54, 1.807) is 0 Å². The fourth-order valence-electron chi connectivity index (χ4n) is 0.881. The molecule has 0 aliphatic rings. The Kier molecular flexibility index (Phi) is 7.12. The molecule has 0 saturated heterocycles. The first-order chi connectivity index (χ1) is 7.63. The maximum absolute atomic E-state index is 11.4. The number of carbonyl (C=O) groups excluding carboxylic acids is 2. The van der Waals surface area contributed by atoms with Crippen LogP contribution in [0, 0.1) is 0 Å². The predicted molar refractivity (Wildman–Crippen MR) is 61.6 cm³/mol. The molecule has 1 rings (SSSR count). The van der Waals surface area contributed by atoms with E-state index in [1.165, 1.54) is 25.4 Å². The third kappa shape index (κ3) is 4.89. The van der Waals surface area contributed by atoms with Crippen LogP contribution in [0.2, 0.25) is 5.15 Å². The summed E-state index contributed by atoms with van der Waals surface area (Å²) in [6, 6.07) is 2.91. The molecular weight excluding hydrogens is 230 g/mol. The van der Waals surface area contributed by atoms with Crippen LogP contribution in [0.1, 0.15) is 30.6 Å². The number of halogens is 1. The van der Waals surface area contributed by atoms with Crippen LogP contribution in [0.25, 0.3) is 0 Å². The Morgan fingerprint density at radius 1 is 1.44 bits per heavy atom. The summed E-state index contributed by atoms with van der Waals surface area (Å²) in [5.41, 5.74) is 0.357. The van der Waals surface area contributed by atoms with Gasteiger partial charge in [-0.15, -0.1) is 0 Å². The summed E-state index contributed by atoms with van der Waals surface area (Å²) in [6.45, 7) is 4.00. The number of rotatable bonds is 3. The predicted octanol–water partition coefficient (Wildman–Crippen LogP) is 2.51. The molecule has 0 aliphatic heterocycles. The molecule has 0 amide bonds. The molecule has 16 heavy (non-hydrogen) atoms. The van der Waals surface area contributed by atoms with Crippen LogP contribution in [-0.2, 0) is 9.53 Å². The summed E-state index contributed by atoms with van der Waals surface area (Å²) < 4.78 is 4.36. The Bertz CT molecular complexity index is 366. The molecule has 1 aromatic rings. The Balaban J connectivity index is 0.00000106. The largest absolute Gasteiger partial charge is 0.469 e. The minimum atomic E-state index is -0.567. The van der Waals surface area contributed by atoms with E-state index >= 15 is 0 Å². The number of hydrogen-bond acceptors (Lipinski definition) is 4. The van der Waals surface area contributed by atoms with Crippen LogP contribution in [0.5, 0.6) is 0 Å². The van der Waals surface area contributed by atoms with Gasteiger partial charge in [0.05, 0.1) is 7.11 Å². The number of aromatic nitrogens is 1. The zero-order valence-electron chi connectivity index (χ0n) is 9.49. The van der Waals surface area contributed by atoms with Crippen LogP contribution in [0.15, 0.2) is 18.3 Å². The van der Waals surface area contributed by atoms with Gasteiger partial charge in [-0.3, -0.25) is 9.59 Å². The van der Waals surface area contributed by atoms with Crippen molar-refractivity contribution in [3.8, 4) is 0 Å². The van der Waals surface area contributed by atoms with Gasteiger partial charge in [0, 0.05) is 11.8 Å². The van der Waals surface area contributed by atoms with E-state index in [0.29, 0.717) is 5.56 Å². The molecular formula is C11H14ClNO3. The third-order valence-corrected chi connectivity index (χ3v) is 1.79. The Morgan fingerprint density at radius 2 is 2.06 bits per heavy atom. The average molecular weight is 244 g/mol. The van der Waals surface area contributed by atoms with E-state index in [4.69, 9.17) is 11.6 Å². The van der Waals surface area contributed by atoms with Crippen molar-refractivity contribution in [2.75, 3.05) is 7.11 Å². The van der Waals surface area contributed by atoms with Crippen molar-refractivity contribution < 1.29 is 14.3 Å². The molecule has 0 aliphatic carbocycles. The first-order valence-corrected chi connectivity index (χ1v) is 5.23. The summed E-state index contributed by atoms with van der Waals surface area (Å²) >= 11 is 5.58. The molecule has 0 aromatic carbocycles. The van der Waals surface area contributed by atoms with Crippen molar-refractivity contribution in [2.24, 2.45) is 0 Å². The third-order valence-electron chi connectivity index (χ3n) is 1.58. The summed E-state index contributed by atoms with van der Waals surface area (Å²) in [7, 11) is 1.23. The number of pyridine rings is 1. The van der Waals surface area contributed by atoms with Crippen LogP contribution < -0.4 is 0 Å². The molecule has 1 aromatic heterocycles. The van der Waals surface area contributed by atoms with Gasteiger partial charge in [-0.05, 0) is 12.1 Å². The molecule has 1 heterocycles. The first-order valence-electron chi connectivity index (χ1n) is 4.85. The fourth-order valence-corrected chi connectivity index (χ4v) is 1.06. The van der Waals surface area contributed by atoms with Crippen molar-refractivity contribution in [1.29, 1.82) is 0 Å². The van der Waals surface area contributed by atoms with Crippen LogP contribution in [0.3, 0.4) is 0 Å². The highest BCUT2D eigenvalue weighted by molar-refractivity contribution is 6.29. The summed E-state index contributed by atoms with van der Waals surface area (Å²) in [4.78, 5) is 25.9. The minimum absolute atomic E-state index is 0.223. The minimum Gasteiger partial charge on any atom is -0.469 e. The van der Waals surface area contributed by atoms with Gasteiger partial charge >= 0.3 is 5.97 Å². The second kappa shape index (κ2) is 7.82. The monoisotopic (exact) mass is 243 g/mol.